The Hall–Kier alpha value is -0.310. The van der Waals surface area contributed by atoms with Crippen LogP contribution in [0.25, 0.3) is 0 Å². The minimum atomic E-state index is 0.206. The van der Waals surface area contributed by atoms with E-state index in [0.717, 1.165) is 12.1 Å². The molecule has 0 amide bonds. The van der Waals surface area contributed by atoms with Crippen molar-refractivity contribution in [1.29, 1.82) is 0 Å². The number of ketones is 1. The first-order valence-corrected chi connectivity index (χ1v) is 3.51. The highest BCUT2D eigenvalue weighted by Crippen LogP contribution is 2.12. The number of carbonyl (C=O) groups excluding carboxylic acids is 1. The fraction of sp³-hybridized carbons (Fsp3) is 0.600. The fourth-order valence-corrected chi connectivity index (χ4v) is 1.30. The molecule has 0 bridgehead atoms. The molecule has 0 unspecified atom stereocenters. The highest BCUT2D eigenvalue weighted by Gasteiger charge is 2.14. The molecule has 8 heavy (non-hydrogen) atoms. The third kappa shape index (κ3) is 0.916. The summed E-state index contributed by atoms with van der Waals surface area (Å²) in [7, 11) is 0. The van der Waals surface area contributed by atoms with E-state index < -0.39 is 0 Å². The second-order valence-corrected chi connectivity index (χ2v) is 2.32. The second kappa shape index (κ2) is 2.31. The van der Waals surface area contributed by atoms with Gasteiger partial charge >= 0.3 is 0 Å². The predicted octanol–water partition coefficient (Wildman–Crippen LogP) is 1.07. The zero-order valence-electron chi connectivity index (χ0n) is 4.68. The number of Topliss-reactive ketones (excluding diaryl/α,β-unsaturated/α-hetero) is 1. The Morgan fingerprint density at radius 2 is 2.62 bits per heavy atom. The molecule has 0 spiro atoms. The van der Waals surface area contributed by atoms with E-state index in [4.69, 9.17) is 0 Å². The normalized spacial score (nSPS) is 19.1. The van der Waals surface area contributed by atoms with Crippen LogP contribution in [-0.2, 0) is 4.79 Å². The molecule has 0 saturated heterocycles. The minimum absolute atomic E-state index is 0.206. The second-order valence-electron chi connectivity index (χ2n) is 1.59. The van der Waals surface area contributed by atoms with Crippen LogP contribution in [-0.4, -0.2) is 17.2 Å². The third-order valence-corrected chi connectivity index (χ3v) is 1.77. The molecule has 1 aliphatic heterocycles. The van der Waals surface area contributed by atoms with E-state index in [2.05, 4.69) is 4.40 Å². The number of nitrogens with zero attached hydrogens (tertiary/aromatic N) is 1. The lowest BCUT2D eigenvalue weighted by Crippen LogP contribution is -2.08. The van der Waals surface area contributed by atoms with Gasteiger partial charge in [0.15, 0.2) is 5.78 Å². The lowest BCUT2D eigenvalue weighted by molar-refractivity contribution is -0.110. The van der Waals surface area contributed by atoms with Gasteiger partial charge in [0.05, 0.1) is 11.5 Å². The largest absolute Gasteiger partial charge is 0.292 e. The highest BCUT2D eigenvalue weighted by molar-refractivity contribution is 7.99. The first-order chi connectivity index (χ1) is 3.84. The molecule has 2 nitrogen and oxygen atoms in total. The van der Waals surface area contributed by atoms with Crippen molar-refractivity contribution >= 4 is 23.4 Å². The van der Waals surface area contributed by atoms with Crippen molar-refractivity contribution in [2.24, 2.45) is 4.40 Å². The van der Waals surface area contributed by atoms with Crippen LogP contribution >= 0.6 is 11.9 Å². The van der Waals surface area contributed by atoms with Crippen molar-refractivity contribution in [2.75, 3.05) is 5.75 Å². The molecule has 0 radical (unpaired) electrons. The van der Waals surface area contributed by atoms with Crippen molar-refractivity contribution < 1.29 is 4.79 Å². The number of hydrogen-bond acceptors (Lipinski definition) is 3. The maximum absolute atomic E-state index is 10.7. The zero-order valence-corrected chi connectivity index (χ0v) is 5.49. The molecule has 1 heterocycles. The molecule has 0 N–H and O–H groups in total. The van der Waals surface area contributed by atoms with E-state index in [9.17, 15) is 4.79 Å². The molecule has 0 fully saturated rings. The van der Waals surface area contributed by atoms with Gasteiger partial charge in [-0.05, 0) is 18.4 Å². The lowest BCUT2D eigenvalue weighted by Gasteiger charge is -1.84. The predicted molar refractivity (Wildman–Crippen MR) is 35.2 cm³/mol. The Morgan fingerprint density at radius 1 is 1.88 bits per heavy atom. The summed E-state index contributed by atoms with van der Waals surface area (Å²) in [6.07, 6.45) is 0.784. The van der Waals surface area contributed by atoms with Crippen molar-refractivity contribution in [3.05, 3.63) is 0 Å². The summed E-state index contributed by atoms with van der Waals surface area (Å²) in [5.41, 5.74) is 0.745. The number of rotatable bonds is 1. The van der Waals surface area contributed by atoms with E-state index >= 15 is 0 Å². The van der Waals surface area contributed by atoms with Gasteiger partial charge in [0.25, 0.3) is 0 Å². The van der Waals surface area contributed by atoms with Crippen LogP contribution in [0.1, 0.15) is 13.3 Å². The van der Waals surface area contributed by atoms with Crippen molar-refractivity contribution in [2.45, 2.75) is 13.3 Å². The average Bonchev–Trinajstić information content (AvgIpc) is 2.14. The topological polar surface area (TPSA) is 29.4 Å². The van der Waals surface area contributed by atoms with Gasteiger partial charge in [0, 0.05) is 0 Å². The molecule has 0 saturated carbocycles. The van der Waals surface area contributed by atoms with Crippen molar-refractivity contribution in [3.63, 3.8) is 0 Å². The Balaban J connectivity index is 2.62. The van der Waals surface area contributed by atoms with Gasteiger partial charge in [-0.1, -0.05) is 6.92 Å². The van der Waals surface area contributed by atoms with Crippen LogP contribution < -0.4 is 0 Å². The van der Waals surface area contributed by atoms with Gasteiger partial charge in [-0.3, -0.25) is 4.79 Å². The fourth-order valence-electron chi connectivity index (χ4n) is 0.565. The molecule has 3 heteroatoms. The van der Waals surface area contributed by atoms with Gasteiger partial charge in [0.2, 0.25) is 0 Å². The summed E-state index contributed by atoms with van der Waals surface area (Å²) in [5, 5.41) is 0. The van der Waals surface area contributed by atoms with E-state index in [-0.39, 0.29) is 5.78 Å². The molecule has 0 atom stereocenters. The van der Waals surface area contributed by atoms with Crippen LogP contribution in [0.15, 0.2) is 4.40 Å². The van der Waals surface area contributed by atoms with Gasteiger partial charge in [-0.25, -0.2) is 4.40 Å². The quantitative estimate of drug-likeness (QED) is 0.495. The Kier molecular flexibility index (Phi) is 1.68. The monoisotopic (exact) mass is 129 g/mol. The molecule has 0 aromatic heterocycles. The van der Waals surface area contributed by atoms with Crippen molar-refractivity contribution in [3.8, 4) is 0 Å². The Bertz CT molecular complexity index is 141. The zero-order chi connectivity index (χ0) is 5.98. The number of carbonyl (C=O) groups is 1. The molecule has 0 aromatic rings. The summed E-state index contributed by atoms with van der Waals surface area (Å²) in [4.78, 5) is 10.7. The molecule has 1 rings (SSSR count). The van der Waals surface area contributed by atoms with E-state index in [1.807, 2.05) is 6.92 Å². The first-order valence-electron chi connectivity index (χ1n) is 2.56. The van der Waals surface area contributed by atoms with Crippen LogP contribution in [0.3, 0.4) is 0 Å². The van der Waals surface area contributed by atoms with Gasteiger partial charge < -0.3 is 0 Å². The van der Waals surface area contributed by atoms with E-state index in [1.165, 1.54) is 11.9 Å². The summed E-state index contributed by atoms with van der Waals surface area (Å²) in [5.74, 6) is 0.765. The van der Waals surface area contributed by atoms with Crippen LogP contribution in [0.4, 0.5) is 0 Å². The standard InChI is InChI=1S/C5H7NOS/c1-2-4-5(7)3-8-6-4/h2-3H2,1H3. The van der Waals surface area contributed by atoms with E-state index in [0.29, 0.717) is 5.75 Å². The molecular formula is C5H7NOS. The first kappa shape index (κ1) is 5.82. The van der Waals surface area contributed by atoms with Crippen molar-refractivity contribution in [1.82, 2.24) is 0 Å². The van der Waals surface area contributed by atoms with E-state index in [1.54, 1.807) is 0 Å². The Labute approximate surface area is 52.5 Å². The number of hydrogen-bond donors (Lipinski definition) is 0. The molecule has 44 valence electrons. The highest BCUT2D eigenvalue weighted by atomic mass is 32.2. The third-order valence-electron chi connectivity index (χ3n) is 1.03. The molecule has 1 aliphatic rings. The van der Waals surface area contributed by atoms with Gasteiger partial charge in [-0.2, -0.15) is 0 Å². The van der Waals surface area contributed by atoms with Crippen LogP contribution in [0, 0.1) is 0 Å². The summed E-state index contributed by atoms with van der Waals surface area (Å²) < 4.78 is 3.92. The Morgan fingerprint density at radius 3 is 2.88 bits per heavy atom. The molecular weight excluding hydrogens is 122 g/mol. The maximum atomic E-state index is 10.7. The maximum Gasteiger partial charge on any atom is 0.189 e. The minimum Gasteiger partial charge on any atom is -0.292 e. The van der Waals surface area contributed by atoms with Crippen LogP contribution in [0.2, 0.25) is 0 Å². The lowest BCUT2D eigenvalue weighted by atomic mass is 10.2. The summed E-state index contributed by atoms with van der Waals surface area (Å²) in [6.45, 7) is 1.95. The average molecular weight is 129 g/mol. The SMILES string of the molecule is CCC1=NSCC1=O. The molecule has 0 aliphatic carbocycles. The molecule has 0 aromatic carbocycles. The van der Waals surface area contributed by atoms with Crippen LogP contribution in [0.5, 0.6) is 0 Å². The summed E-state index contributed by atoms with van der Waals surface area (Å²) >= 11 is 1.35. The van der Waals surface area contributed by atoms with Gasteiger partial charge in [-0.15, -0.1) is 0 Å². The van der Waals surface area contributed by atoms with Gasteiger partial charge in [0.1, 0.15) is 0 Å². The smallest absolute Gasteiger partial charge is 0.189 e. The summed E-state index contributed by atoms with van der Waals surface area (Å²) in [6, 6.07) is 0.